The number of aromatic nitrogens is 2. The average Bonchev–Trinajstić information content (AvgIpc) is 3.18. The summed E-state index contributed by atoms with van der Waals surface area (Å²) >= 11 is 12.1. The van der Waals surface area contributed by atoms with E-state index in [4.69, 9.17) is 33.7 Å². The molecule has 0 radical (unpaired) electrons. The SMILES string of the molecule is CC(=O)Nc1ccc2[nH]c(C(=O)NCc3ccc(Cl)c(Oc4cc(N)cc(Cl)c4)c3F)nc2c1. The fraction of sp³-hybridized carbons (Fsp3) is 0.0870. The second-order valence-corrected chi connectivity index (χ2v) is 8.20. The van der Waals surface area contributed by atoms with Gasteiger partial charge in [-0.2, -0.15) is 0 Å². The molecule has 5 N–H and O–H groups in total. The highest BCUT2D eigenvalue weighted by atomic mass is 35.5. The van der Waals surface area contributed by atoms with E-state index in [1.165, 1.54) is 37.3 Å². The van der Waals surface area contributed by atoms with Crippen molar-refractivity contribution in [1.29, 1.82) is 0 Å². The van der Waals surface area contributed by atoms with Gasteiger partial charge in [0.25, 0.3) is 5.91 Å². The second kappa shape index (κ2) is 9.58. The van der Waals surface area contributed by atoms with E-state index in [0.29, 0.717) is 27.4 Å². The van der Waals surface area contributed by atoms with Gasteiger partial charge >= 0.3 is 0 Å². The van der Waals surface area contributed by atoms with E-state index < -0.39 is 11.7 Å². The number of nitrogens with two attached hydrogens (primary N) is 1. The minimum atomic E-state index is -0.740. The van der Waals surface area contributed by atoms with Crippen LogP contribution in [0.3, 0.4) is 0 Å². The Morgan fingerprint density at radius 3 is 2.68 bits per heavy atom. The molecule has 34 heavy (non-hydrogen) atoms. The number of hydrogen-bond acceptors (Lipinski definition) is 5. The molecule has 4 rings (SSSR count). The molecule has 3 aromatic carbocycles. The first kappa shape index (κ1) is 23.3. The lowest BCUT2D eigenvalue weighted by Gasteiger charge is -2.13. The maximum absolute atomic E-state index is 15.1. The number of carbonyl (C=O) groups excluding carboxylic acids is 2. The minimum Gasteiger partial charge on any atom is -0.453 e. The van der Waals surface area contributed by atoms with Gasteiger partial charge in [-0.15, -0.1) is 0 Å². The zero-order chi connectivity index (χ0) is 24.4. The summed E-state index contributed by atoms with van der Waals surface area (Å²) in [7, 11) is 0. The van der Waals surface area contributed by atoms with E-state index in [1.807, 2.05) is 0 Å². The molecule has 4 aromatic rings. The zero-order valence-corrected chi connectivity index (χ0v) is 19.2. The van der Waals surface area contributed by atoms with Crippen LogP contribution < -0.4 is 21.1 Å². The Labute approximate surface area is 203 Å². The molecule has 0 bridgehead atoms. The van der Waals surface area contributed by atoms with E-state index in [0.717, 1.165) is 0 Å². The normalized spacial score (nSPS) is 10.8. The third kappa shape index (κ3) is 5.22. The Kier molecular flexibility index (Phi) is 6.58. The number of H-pyrrole nitrogens is 1. The van der Waals surface area contributed by atoms with Crippen molar-refractivity contribution in [3.63, 3.8) is 0 Å². The summed E-state index contributed by atoms with van der Waals surface area (Å²) < 4.78 is 20.7. The van der Waals surface area contributed by atoms with Gasteiger partial charge in [-0.05, 0) is 36.4 Å². The molecule has 8 nitrogen and oxygen atoms in total. The number of benzene rings is 3. The molecule has 0 aliphatic rings. The molecule has 0 atom stereocenters. The molecule has 0 saturated carbocycles. The number of fused-ring (bicyclic) bond motifs is 1. The van der Waals surface area contributed by atoms with E-state index in [9.17, 15) is 9.59 Å². The standard InChI is InChI=1S/C23H18Cl2FN5O3/c1-11(32)29-15-3-5-18-19(9-15)31-22(30-18)23(33)28-10-12-2-4-17(25)21(20(12)26)34-16-7-13(24)6-14(27)8-16/h2-9H,10,27H2,1H3,(H,28,33)(H,29,32)(H,30,31). The van der Waals surface area contributed by atoms with Gasteiger partial charge in [-0.25, -0.2) is 9.37 Å². The van der Waals surface area contributed by atoms with Crippen LogP contribution in [0, 0.1) is 5.82 Å². The van der Waals surface area contributed by atoms with Gasteiger partial charge in [0.1, 0.15) is 5.75 Å². The van der Waals surface area contributed by atoms with E-state index >= 15 is 4.39 Å². The van der Waals surface area contributed by atoms with Crippen LogP contribution in [-0.2, 0) is 11.3 Å². The molecule has 0 fully saturated rings. The predicted octanol–water partition coefficient (Wildman–Crippen LogP) is 5.27. The Bertz CT molecular complexity index is 1400. The number of aromatic amines is 1. The minimum absolute atomic E-state index is 0.0372. The Balaban J connectivity index is 1.50. The molecule has 0 spiro atoms. The van der Waals surface area contributed by atoms with Gasteiger partial charge in [-0.1, -0.05) is 29.3 Å². The largest absolute Gasteiger partial charge is 0.453 e. The molecule has 0 aliphatic carbocycles. The highest BCUT2D eigenvalue weighted by Crippen LogP contribution is 2.35. The van der Waals surface area contributed by atoms with Crippen LogP contribution in [0.15, 0.2) is 48.5 Å². The number of amides is 2. The maximum atomic E-state index is 15.1. The topological polar surface area (TPSA) is 122 Å². The summed E-state index contributed by atoms with van der Waals surface area (Å²) in [6, 6.07) is 12.4. The molecule has 0 unspecified atom stereocenters. The van der Waals surface area contributed by atoms with Gasteiger partial charge < -0.3 is 26.1 Å². The third-order valence-electron chi connectivity index (χ3n) is 4.70. The number of nitrogen functional groups attached to an aromatic ring is 1. The number of nitrogens with one attached hydrogen (secondary N) is 3. The molecule has 0 saturated heterocycles. The summed E-state index contributed by atoms with van der Waals surface area (Å²) in [5.41, 5.74) is 7.88. The number of ether oxygens (including phenoxy) is 1. The molecule has 0 aliphatic heterocycles. The van der Waals surface area contributed by atoms with Crippen LogP contribution in [-0.4, -0.2) is 21.8 Å². The van der Waals surface area contributed by atoms with Crippen molar-refractivity contribution in [2.75, 3.05) is 11.1 Å². The van der Waals surface area contributed by atoms with Crippen LogP contribution in [0.5, 0.6) is 11.5 Å². The van der Waals surface area contributed by atoms with E-state index in [1.54, 1.807) is 18.2 Å². The second-order valence-electron chi connectivity index (χ2n) is 7.35. The first-order valence-electron chi connectivity index (χ1n) is 9.96. The van der Waals surface area contributed by atoms with Crippen molar-refractivity contribution in [3.8, 4) is 11.5 Å². The van der Waals surface area contributed by atoms with Crippen molar-refractivity contribution in [2.24, 2.45) is 0 Å². The van der Waals surface area contributed by atoms with Crippen molar-refractivity contribution < 1.29 is 18.7 Å². The van der Waals surface area contributed by atoms with E-state index in [2.05, 4.69) is 20.6 Å². The number of halogens is 3. The van der Waals surface area contributed by atoms with Gasteiger partial charge in [0, 0.05) is 41.5 Å². The maximum Gasteiger partial charge on any atom is 0.287 e. The molecular formula is C23H18Cl2FN5O3. The Morgan fingerprint density at radius 2 is 1.94 bits per heavy atom. The Hall–Kier alpha value is -3.82. The van der Waals surface area contributed by atoms with Crippen LogP contribution in [0.25, 0.3) is 11.0 Å². The lowest BCUT2D eigenvalue weighted by molar-refractivity contribution is -0.114. The lowest BCUT2D eigenvalue weighted by Crippen LogP contribution is -2.24. The Morgan fingerprint density at radius 1 is 1.15 bits per heavy atom. The molecule has 1 aromatic heterocycles. The van der Waals surface area contributed by atoms with Gasteiger partial charge in [0.2, 0.25) is 5.91 Å². The summed E-state index contributed by atoms with van der Waals surface area (Å²) in [5, 5.41) is 5.62. The number of rotatable bonds is 6. The van der Waals surface area contributed by atoms with E-state index in [-0.39, 0.29) is 40.4 Å². The van der Waals surface area contributed by atoms with Gasteiger partial charge in [0.15, 0.2) is 17.4 Å². The van der Waals surface area contributed by atoms with Crippen LogP contribution >= 0.6 is 23.2 Å². The van der Waals surface area contributed by atoms with Gasteiger partial charge in [-0.3, -0.25) is 9.59 Å². The van der Waals surface area contributed by atoms with Crippen LogP contribution in [0.1, 0.15) is 23.1 Å². The number of carbonyl (C=O) groups is 2. The summed E-state index contributed by atoms with van der Waals surface area (Å²) in [4.78, 5) is 30.9. The highest BCUT2D eigenvalue weighted by Gasteiger charge is 2.18. The highest BCUT2D eigenvalue weighted by molar-refractivity contribution is 6.32. The third-order valence-corrected chi connectivity index (χ3v) is 5.22. The van der Waals surface area contributed by atoms with Crippen molar-refractivity contribution >= 4 is 57.4 Å². The van der Waals surface area contributed by atoms with Crippen LogP contribution in [0.2, 0.25) is 10.0 Å². The van der Waals surface area contributed by atoms with Crippen molar-refractivity contribution in [2.45, 2.75) is 13.5 Å². The number of nitrogens with zero attached hydrogens (tertiary/aromatic N) is 1. The molecule has 174 valence electrons. The van der Waals surface area contributed by atoms with Crippen molar-refractivity contribution in [3.05, 3.63) is 75.8 Å². The summed E-state index contributed by atoms with van der Waals surface area (Å²) in [5.74, 6) is -1.47. The lowest BCUT2D eigenvalue weighted by atomic mass is 10.2. The number of imidazole rings is 1. The average molecular weight is 502 g/mol. The fourth-order valence-electron chi connectivity index (χ4n) is 3.22. The molecule has 11 heteroatoms. The summed E-state index contributed by atoms with van der Waals surface area (Å²) in [6.07, 6.45) is 0. The molecule has 1 heterocycles. The monoisotopic (exact) mass is 501 g/mol. The summed E-state index contributed by atoms with van der Waals surface area (Å²) in [6.45, 7) is 1.24. The van der Waals surface area contributed by atoms with Crippen LogP contribution in [0.4, 0.5) is 15.8 Å². The first-order chi connectivity index (χ1) is 16.2. The predicted molar refractivity (Wildman–Crippen MR) is 129 cm³/mol. The number of hydrogen-bond donors (Lipinski definition) is 4. The fourth-order valence-corrected chi connectivity index (χ4v) is 3.64. The quantitative estimate of drug-likeness (QED) is 0.268. The van der Waals surface area contributed by atoms with Gasteiger partial charge in [0.05, 0.1) is 16.1 Å². The first-order valence-corrected chi connectivity index (χ1v) is 10.7. The number of anilines is 2. The zero-order valence-electron chi connectivity index (χ0n) is 17.7. The molecule has 2 amide bonds. The van der Waals surface area contributed by atoms with Crippen molar-refractivity contribution in [1.82, 2.24) is 15.3 Å². The smallest absolute Gasteiger partial charge is 0.287 e. The molecular weight excluding hydrogens is 484 g/mol.